The van der Waals surface area contributed by atoms with E-state index in [1.165, 1.54) is 39.0 Å². The summed E-state index contributed by atoms with van der Waals surface area (Å²) in [5, 5.41) is 0. The van der Waals surface area contributed by atoms with Gasteiger partial charge in [-0.3, -0.25) is 9.59 Å². The number of rotatable bonds is 5. The predicted molar refractivity (Wildman–Crippen MR) is 149 cm³/mol. The van der Waals surface area contributed by atoms with Gasteiger partial charge in [-0.15, -0.1) is 0 Å². The van der Waals surface area contributed by atoms with Gasteiger partial charge in [0.15, 0.2) is 6.54 Å². The molecule has 0 radical (unpaired) electrons. The van der Waals surface area contributed by atoms with Crippen molar-refractivity contribution in [2.75, 3.05) is 0 Å². The molecule has 4 aliphatic carbocycles. The van der Waals surface area contributed by atoms with Gasteiger partial charge < -0.3 is 21.7 Å². The number of halogens is 2. The van der Waals surface area contributed by atoms with Crippen LogP contribution in [0.25, 0.3) is 0 Å². The Hall–Kier alpha value is -1.73. The molecule has 5 nitrogen and oxygen atoms in total. The molecule has 2 aromatic rings. The number of allylic oxidation sites excluding steroid dienone is 1. The van der Waals surface area contributed by atoms with E-state index in [4.69, 9.17) is 4.74 Å². The number of hydrogen-bond donors (Lipinski definition) is 0. The normalized spacial score (nSPS) is 35.1. The fraction of sp³-hybridized carbons (Fsp3) is 0.594. The van der Waals surface area contributed by atoms with Crippen molar-refractivity contribution in [1.82, 2.24) is 4.57 Å². The van der Waals surface area contributed by atoms with E-state index in [1.54, 1.807) is 5.57 Å². The summed E-state index contributed by atoms with van der Waals surface area (Å²) in [5.74, 6) is 2.17. The molecule has 1 aromatic carbocycles. The molecular weight excluding hydrogens is 620 g/mol. The third-order valence-corrected chi connectivity index (χ3v) is 11.4. The van der Waals surface area contributed by atoms with Crippen molar-refractivity contribution in [3.63, 3.8) is 0 Å². The van der Waals surface area contributed by atoms with Gasteiger partial charge in [0.05, 0.1) is 0 Å². The van der Waals surface area contributed by atoms with E-state index in [2.05, 4.69) is 59.1 Å². The molecule has 0 aliphatic heterocycles. The van der Waals surface area contributed by atoms with Crippen molar-refractivity contribution in [3.8, 4) is 0 Å². The van der Waals surface area contributed by atoms with Crippen LogP contribution in [-0.4, -0.2) is 22.4 Å². The lowest BCUT2D eigenvalue weighted by Crippen LogP contribution is -3.00. The number of ether oxygens (including phenoxy) is 1. The Labute approximate surface area is 251 Å². The molecule has 4 aliphatic rings. The molecule has 1 aromatic heterocycles. The number of imidazole rings is 1. The van der Waals surface area contributed by atoms with Gasteiger partial charge in [-0.1, -0.05) is 53.6 Å². The lowest BCUT2D eigenvalue weighted by molar-refractivity contribution is -0.682. The van der Waals surface area contributed by atoms with Gasteiger partial charge in [0, 0.05) is 28.8 Å². The van der Waals surface area contributed by atoms with Gasteiger partial charge in [-0.05, 0) is 80.2 Å². The van der Waals surface area contributed by atoms with Crippen LogP contribution < -0.4 is 21.5 Å². The zero-order chi connectivity index (χ0) is 26.7. The van der Waals surface area contributed by atoms with E-state index in [-0.39, 0.29) is 45.7 Å². The molecule has 0 saturated heterocycles. The second-order valence-electron chi connectivity index (χ2n) is 12.8. The molecule has 0 unspecified atom stereocenters. The summed E-state index contributed by atoms with van der Waals surface area (Å²) in [4.78, 5) is 24.4. The highest BCUT2D eigenvalue weighted by Crippen LogP contribution is 2.67. The number of fused-ring (bicyclic) bond motifs is 5. The first-order valence-electron chi connectivity index (χ1n) is 14.4. The van der Waals surface area contributed by atoms with Gasteiger partial charge in [0.2, 0.25) is 12.1 Å². The van der Waals surface area contributed by atoms with Gasteiger partial charge in [0.1, 0.15) is 24.5 Å². The average molecular weight is 660 g/mol. The van der Waals surface area contributed by atoms with Crippen LogP contribution in [-0.2, 0) is 16.1 Å². The highest BCUT2D eigenvalue weighted by atomic mass is 79.9. The molecule has 0 spiro atoms. The fourth-order valence-corrected chi connectivity index (χ4v) is 9.43. The molecule has 39 heavy (non-hydrogen) atoms. The third kappa shape index (κ3) is 5.11. The number of benzene rings is 1. The van der Waals surface area contributed by atoms with Gasteiger partial charge in [-0.2, -0.15) is 0 Å². The fourth-order valence-electron chi connectivity index (χ4n) is 9.03. The van der Waals surface area contributed by atoms with Crippen molar-refractivity contribution in [3.05, 3.63) is 64.7 Å². The largest absolute Gasteiger partial charge is 1.00 e. The maximum absolute atomic E-state index is 12.9. The first kappa shape index (κ1) is 28.8. The summed E-state index contributed by atoms with van der Waals surface area (Å²) >= 11 is 3.48. The molecule has 210 valence electrons. The second kappa shape index (κ2) is 10.9. The summed E-state index contributed by atoms with van der Waals surface area (Å²) in [6, 6.07) is 8.13. The van der Waals surface area contributed by atoms with Crippen molar-refractivity contribution in [2.24, 2.45) is 28.6 Å². The standard InChI is InChI=1S/C32H40BrN2O3.BrH/c1-21(36)38-25-11-13-31(2)23(18-25)7-8-26-27-9-10-30(32(27,3)14-12-28(26)31)35-16-15-34(20-35)19-29(37)22-5-4-6-24(33)17-22;/h4-7,15-17,20,25-28,30H,8-14,18-19H2,1-3H3;1H/q+1;/p-1/t25-,26-,27-,28-,30-,31-,32-;/m0./s1. The average Bonchev–Trinajstić information content (AvgIpc) is 3.47. The lowest BCUT2D eigenvalue weighted by atomic mass is 9.48. The van der Waals surface area contributed by atoms with Crippen LogP contribution in [0.15, 0.2) is 59.1 Å². The highest BCUT2D eigenvalue weighted by molar-refractivity contribution is 9.10. The minimum absolute atomic E-state index is 0. The Bertz CT molecular complexity index is 1290. The van der Waals surface area contributed by atoms with Crippen LogP contribution in [0.3, 0.4) is 0 Å². The Kier molecular flexibility index (Phi) is 8.06. The Morgan fingerprint density at radius 2 is 1.95 bits per heavy atom. The Morgan fingerprint density at radius 3 is 2.72 bits per heavy atom. The van der Waals surface area contributed by atoms with E-state index < -0.39 is 0 Å². The molecule has 0 bridgehead atoms. The van der Waals surface area contributed by atoms with Gasteiger partial charge in [-0.25, -0.2) is 9.13 Å². The number of hydrogen-bond acceptors (Lipinski definition) is 3. The summed E-state index contributed by atoms with van der Waals surface area (Å²) < 4.78 is 11.0. The summed E-state index contributed by atoms with van der Waals surface area (Å²) in [7, 11) is 0. The van der Waals surface area contributed by atoms with Crippen LogP contribution in [0.5, 0.6) is 0 Å². The smallest absolute Gasteiger partial charge is 0.302 e. The topological polar surface area (TPSA) is 52.2 Å². The predicted octanol–water partition coefficient (Wildman–Crippen LogP) is 3.86. The number of Topliss-reactive ketones (excluding diaryl/α,β-unsaturated/α-hetero) is 1. The van der Waals surface area contributed by atoms with Crippen LogP contribution >= 0.6 is 15.9 Å². The quantitative estimate of drug-likeness (QED) is 0.212. The number of esters is 1. The Morgan fingerprint density at radius 1 is 1.13 bits per heavy atom. The van der Waals surface area contributed by atoms with Crippen LogP contribution in [0.1, 0.15) is 88.5 Å². The maximum atomic E-state index is 12.9. The van der Waals surface area contributed by atoms with Gasteiger partial charge >= 0.3 is 5.97 Å². The first-order chi connectivity index (χ1) is 18.2. The van der Waals surface area contributed by atoms with E-state index in [0.717, 1.165) is 47.1 Å². The maximum Gasteiger partial charge on any atom is 0.302 e. The third-order valence-electron chi connectivity index (χ3n) is 10.9. The van der Waals surface area contributed by atoms with Crippen molar-refractivity contribution in [2.45, 2.75) is 90.8 Å². The zero-order valence-electron chi connectivity index (χ0n) is 23.2. The zero-order valence-corrected chi connectivity index (χ0v) is 26.4. The molecule has 7 heteroatoms. The van der Waals surface area contributed by atoms with Crippen molar-refractivity contribution in [1.29, 1.82) is 0 Å². The van der Waals surface area contributed by atoms with Crippen LogP contribution in [0.2, 0.25) is 0 Å². The number of nitrogens with zero attached hydrogens (tertiary/aromatic N) is 2. The first-order valence-corrected chi connectivity index (χ1v) is 15.2. The molecule has 3 saturated carbocycles. The second-order valence-corrected chi connectivity index (χ2v) is 13.8. The molecule has 3 fully saturated rings. The van der Waals surface area contributed by atoms with Gasteiger partial charge in [0.25, 0.3) is 0 Å². The van der Waals surface area contributed by atoms with Crippen molar-refractivity contribution < 1.29 is 35.9 Å². The summed E-state index contributed by atoms with van der Waals surface area (Å²) in [5.41, 5.74) is 2.83. The summed E-state index contributed by atoms with van der Waals surface area (Å²) in [6.45, 7) is 6.94. The van der Waals surface area contributed by atoms with Crippen molar-refractivity contribution >= 4 is 27.7 Å². The number of ketones is 1. The molecule has 6 rings (SSSR count). The monoisotopic (exact) mass is 658 g/mol. The van der Waals surface area contributed by atoms with Crippen LogP contribution in [0.4, 0.5) is 0 Å². The SMILES string of the molecule is CC(=O)O[C@H]1CC[C@@]2(C)C(=CC[C@H]3[C@@H]4CC[C@H](n5cc[n+](CC(=O)c6cccc(Br)c6)c5)[C@@]4(C)CC[C@@H]32)C1.[Br-]. The van der Waals surface area contributed by atoms with E-state index in [1.807, 2.05) is 28.8 Å². The molecule has 1 heterocycles. The van der Waals surface area contributed by atoms with Crippen LogP contribution in [0, 0.1) is 28.6 Å². The minimum atomic E-state index is -0.151. The number of aromatic nitrogens is 2. The highest BCUT2D eigenvalue weighted by Gasteiger charge is 2.60. The molecule has 7 atom stereocenters. The lowest BCUT2D eigenvalue weighted by Gasteiger charge is -2.57. The molecule has 0 amide bonds. The molecule has 0 N–H and O–H groups in total. The Balaban J connectivity index is 0.00000308. The summed E-state index contributed by atoms with van der Waals surface area (Å²) in [6.07, 6.45) is 18.3. The van der Waals surface area contributed by atoms with E-state index in [0.29, 0.717) is 12.6 Å². The number of carbonyl (C=O) groups is 2. The minimum Gasteiger partial charge on any atom is -1.00 e. The van der Waals surface area contributed by atoms with E-state index in [9.17, 15) is 9.59 Å². The van der Waals surface area contributed by atoms with E-state index >= 15 is 0 Å². The molecular formula is C32H40Br2N2O3. The number of carbonyl (C=O) groups excluding carboxylic acids is 2.